The Morgan fingerprint density at radius 2 is 1.64 bits per heavy atom. The SMILES string of the molecule is C[C@@H](NC(=O)CCCCC(=O)c1ccccc1)c1ccc(F)c(F)c1. The molecule has 0 aliphatic carbocycles. The van der Waals surface area contributed by atoms with Crippen LogP contribution < -0.4 is 5.32 Å². The summed E-state index contributed by atoms with van der Waals surface area (Å²) in [5.74, 6) is -1.95. The highest BCUT2D eigenvalue weighted by Crippen LogP contribution is 2.16. The smallest absolute Gasteiger partial charge is 0.220 e. The van der Waals surface area contributed by atoms with Crippen molar-refractivity contribution in [1.29, 1.82) is 0 Å². The van der Waals surface area contributed by atoms with Gasteiger partial charge in [-0.2, -0.15) is 0 Å². The Balaban J connectivity index is 1.71. The summed E-state index contributed by atoms with van der Waals surface area (Å²) in [6, 6.07) is 12.2. The molecule has 0 bridgehead atoms. The van der Waals surface area contributed by atoms with Crippen molar-refractivity contribution < 1.29 is 18.4 Å². The first-order valence-electron chi connectivity index (χ1n) is 8.30. The fraction of sp³-hybridized carbons (Fsp3) is 0.300. The Hall–Kier alpha value is -2.56. The van der Waals surface area contributed by atoms with Crippen LogP contribution in [0.15, 0.2) is 48.5 Å². The zero-order valence-electron chi connectivity index (χ0n) is 14.1. The van der Waals surface area contributed by atoms with Crippen LogP contribution in [0.1, 0.15) is 54.6 Å². The number of carbonyl (C=O) groups excluding carboxylic acids is 2. The van der Waals surface area contributed by atoms with Crippen molar-refractivity contribution in [2.45, 2.75) is 38.6 Å². The maximum absolute atomic E-state index is 13.2. The summed E-state index contributed by atoms with van der Waals surface area (Å²) >= 11 is 0. The molecule has 1 N–H and O–H groups in total. The second kappa shape index (κ2) is 9.06. The summed E-state index contributed by atoms with van der Waals surface area (Å²) in [5.41, 5.74) is 1.19. The lowest BCUT2D eigenvalue weighted by molar-refractivity contribution is -0.121. The fourth-order valence-corrected chi connectivity index (χ4v) is 2.52. The monoisotopic (exact) mass is 345 g/mol. The minimum atomic E-state index is -0.932. The van der Waals surface area contributed by atoms with Crippen molar-refractivity contribution >= 4 is 11.7 Å². The van der Waals surface area contributed by atoms with Crippen molar-refractivity contribution in [2.24, 2.45) is 0 Å². The van der Waals surface area contributed by atoms with Gasteiger partial charge in [-0.15, -0.1) is 0 Å². The molecule has 5 heteroatoms. The minimum absolute atomic E-state index is 0.0659. The summed E-state index contributed by atoms with van der Waals surface area (Å²) < 4.78 is 26.1. The molecular formula is C20H21F2NO2. The molecule has 0 saturated heterocycles. The molecule has 1 amide bonds. The standard InChI is InChI=1S/C20H21F2NO2/c1-14(16-11-12-17(21)18(22)13-16)23-20(25)10-6-5-9-19(24)15-7-3-2-4-8-15/h2-4,7-8,11-14H,5-6,9-10H2,1H3,(H,23,25)/t14-/m1/s1. The molecule has 3 nitrogen and oxygen atoms in total. The van der Waals surface area contributed by atoms with Gasteiger partial charge in [0, 0.05) is 18.4 Å². The molecule has 1 atom stereocenters. The normalized spacial score (nSPS) is 11.8. The van der Waals surface area contributed by atoms with Crippen molar-refractivity contribution in [3.8, 4) is 0 Å². The number of rotatable bonds is 8. The summed E-state index contributed by atoms with van der Waals surface area (Å²) in [5, 5.41) is 2.75. The fourth-order valence-electron chi connectivity index (χ4n) is 2.52. The van der Waals surface area contributed by atoms with Crippen LogP contribution in [0, 0.1) is 11.6 Å². The largest absolute Gasteiger partial charge is 0.350 e. The van der Waals surface area contributed by atoms with Gasteiger partial charge in [0.15, 0.2) is 17.4 Å². The summed E-state index contributed by atoms with van der Waals surface area (Å²) in [4.78, 5) is 23.9. The average Bonchev–Trinajstić information content (AvgIpc) is 2.61. The van der Waals surface area contributed by atoms with Gasteiger partial charge in [0.1, 0.15) is 0 Å². The van der Waals surface area contributed by atoms with Crippen molar-refractivity contribution in [1.82, 2.24) is 5.32 Å². The molecule has 0 heterocycles. The van der Waals surface area contributed by atoms with Gasteiger partial charge in [0.05, 0.1) is 6.04 Å². The zero-order chi connectivity index (χ0) is 18.2. The lowest BCUT2D eigenvalue weighted by atomic mass is 10.0. The Morgan fingerprint density at radius 3 is 2.32 bits per heavy atom. The molecule has 0 aliphatic rings. The van der Waals surface area contributed by atoms with E-state index in [4.69, 9.17) is 0 Å². The van der Waals surface area contributed by atoms with E-state index in [2.05, 4.69) is 5.32 Å². The highest BCUT2D eigenvalue weighted by atomic mass is 19.2. The van der Waals surface area contributed by atoms with Crippen LogP contribution in [0.25, 0.3) is 0 Å². The number of hydrogen-bond acceptors (Lipinski definition) is 2. The Labute approximate surface area is 146 Å². The first kappa shape index (κ1) is 18.8. The number of nitrogens with one attached hydrogen (secondary N) is 1. The third-order valence-corrected chi connectivity index (χ3v) is 3.97. The summed E-state index contributed by atoms with van der Waals surface area (Å²) in [6.45, 7) is 1.71. The Morgan fingerprint density at radius 1 is 0.960 bits per heavy atom. The predicted molar refractivity (Wildman–Crippen MR) is 92.2 cm³/mol. The molecule has 0 aliphatic heterocycles. The van der Waals surface area contributed by atoms with Gasteiger partial charge in [-0.3, -0.25) is 9.59 Å². The van der Waals surface area contributed by atoms with Gasteiger partial charge in [0.25, 0.3) is 0 Å². The van der Waals surface area contributed by atoms with E-state index in [0.717, 1.165) is 12.1 Å². The molecular weight excluding hydrogens is 324 g/mol. The van der Waals surface area contributed by atoms with E-state index in [1.165, 1.54) is 6.07 Å². The van der Waals surface area contributed by atoms with Crippen LogP contribution in [0.2, 0.25) is 0 Å². The van der Waals surface area contributed by atoms with E-state index in [1.807, 2.05) is 18.2 Å². The number of unbranched alkanes of at least 4 members (excludes halogenated alkanes) is 1. The van der Waals surface area contributed by atoms with Crippen LogP contribution in [-0.2, 0) is 4.79 Å². The lowest BCUT2D eigenvalue weighted by Crippen LogP contribution is -2.26. The van der Waals surface area contributed by atoms with Crippen LogP contribution in [-0.4, -0.2) is 11.7 Å². The predicted octanol–water partition coefficient (Wildman–Crippen LogP) is 4.59. The topological polar surface area (TPSA) is 46.2 Å². The second-order valence-electron chi connectivity index (χ2n) is 5.96. The van der Waals surface area contributed by atoms with Gasteiger partial charge in [-0.25, -0.2) is 8.78 Å². The van der Waals surface area contributed by atoms with Crippen LogP contribution >= 0.6 is 0 Å². The van der Waals surface area contributed by atoms with E-state index in [1.54, 1.807) is 19.1 Å². The molecule has 0 spiro atoms. The van der Waals surface area contributed by atoms with Crippen molar-refractivity contribution in [3.63, 3.8) is 0 Å². The number of Topliss-reactive ketones (excluding diaryl/α,β-unsaturated/α-hetero) is 1. The third kappa shape index (κ3) is 5.78. The van der Waals surface area contributed by atoms with Crippen LogP contribution in [0.3, 0.4) is 0 Å². The van der Waals surface area contributed by atoms with Crippen molar-refractivity contribution in [3.05, 3.63) is 71.3 Å². The van der Waals surface area contributed by atoms with Gasteiger partial charge >= 0.3 is 0 Å². The maximum atomic E-state index is 13.2. The molecule has 132 valence electrons. The lowest BCUT2D eigenvalue weighted by Gasteiger charge is -2.14. The average molecular weight is 345 g/mol. The Bertz CT molecular complexity index is 732. The zero-order valence-corrected chi connectivity index (χ0v) is 14.1. The van der Waals surface area contributed by atoms with E-state index in [9.17, 15) is 18.4 Å². The van der Waals surface area contributed by atoms with Gasteiger partial charge in [-0.05, 0) is 37.5 Å². The molecule has 2 aromatic carbocycles. The first-order valence-corrected chi connectivity index (χ1v) is 8.30. The van der Waals surface area contributed by atoms with Gasteiger partial charge < -0.3 is 5.32 Å². The molecule has 0 fully saturated rings. The summed E-state index contributed by atoms with van der Waals surface area (Å²) in [7, 11) is 0. The number of hydrogen-bond donors (Lipinski definition) is 1. The van der Waals surface area contributed by atoms with E-state index >= 15 is 0 Å². The second-order valence-corrected chi connectivity index (χ2v) is 5.96. The van der Waals surface area contributed by atoms with Gasteiger partial charge in [0.2, 0.25) is 5.91 Å². The number of amides is 1. The third-order valence-electron chi connectivity index (χ3n) is 3.97. The van der Waals surface area contributed by atoms with Crippen LogP contribution in [0.5, 0.6) is 0 Å². The number of halogens is 2. The van der Waals surface area contributed by atoms with E-state index < -0.39 is 17.7 Å². The molecule has 0 saturated carbocycles. The molecule has 0 radical (unpaired) electrons. The highest BCUT2D eigenvalue weighted by Gasteiger charge is 2.12. The molecule has 25 heavy (non-hydrogen) atoms. The van der Waals surface area contributed by atoms with Crippen molar-refractivity contribution in [2.75, 3.05) is 0 Å². The number of benzene rings is 2. The maximum Gasteiger partial charge on any atom is 0.220 e. The number of ketones is 1. The van der Waals surface area contributed by atoms with Crippen LogP contribution in [0.4, 0.5) is 8.78 Å². The molecule has 2 aromatic rings. The Kier molecular flexibility index (Phi) is 6.81. The summed E-state index contributed by atoms with van der Waals surface area (Å²) in [6.07, 6.45) is 1.90. The number of carbonyl (C=O) groups is 2. The van der Waals surface area contributed by atoms with E-state index in [-0.39, 0.29) is 18.1 Å². The molecule has 2 rings (SSSR count). The van der Waals surface area contributed by atoms with Gasteiger partial charge in [-0.1, -0.05) is 36.4 Å². The van der Waals surface area contributed by atoms with E-state index in [0.29, 0.717) is 30.4 Å². The molecule has 0 aromatic heterocycles. The minimum Gasteiger partial charge on any atom is -0.350 e. The quantitative estimate of drug-likeness (QED) is 0.562. The molecule has 0 unspecified atom stereocenters. The first-order chi connectivity index (χ1) is 12.0. The highest BCUT2D eigenvalue weighted by molar-refractivity contribution is 5.95.